The summed E-state index contributed by atoms with van der Waals surface area (Å²) >= 11 is 0. The van der Waals surface area contributed by atoms with E-state index in [1.807, 2.05) is 69.6 Å². The molecule has 0 spiro atoms. The molecule has 0 saturated heterocycles. The number of imidazole rings is 1. The molecule has 0 fully saturated rings. The van der Waals surface area contributed by atoms with Crippen LogP contribution in [0.3, 0.4) is 0 Å². The van der Waals surface area contributed by atoms with Gasteiger partial charge in [-0.25, -0.2) is 9.55 Å². The van der Waals surface area contributed by atoms with E-state index in [-0.39, 0.29) is 18.0 Å². The number of hydrogen-bond acceptors (Lipinski definition) is 2. The van der Waals surface area contributed by atoms with Crippen LogP contribution >= 0.6 is 0 Å². The Morgan fingerprint density at radius 3 is 2.16 bits per heavy atom. The fourth-order valence-corrected chi connectivity index (χ4v) is 4.95. The van der Waals surface area contributed by atoms with E-state index in [0.717, 1.165) is 41.0 Å². The molecule has 0 aliphatic rings. The van der Waals surface area contributed by atoms with Gasteiger partial charge >= 0.3 is 0 Å². The van der Waals surface area contributed by atoms with Gasteiger partial charge in [-0.05, 0) is 24.6 Å². The largest absolute Gasteiger partial charge is 1.00 e. The highest BCUT2D eigenvalue weighted by Gasteiger charge is 2.22. The van der Waals surface area contributed by atoms with Crippen LogP contribution in [-0.4, -0.2) is 14.0 Å². The second kappa shape index (κ2) is 10.4. The van der Waals surface area contributed by atoms with Gasteiger partial charge in [0.15, 0.2) is 24.8 Å². The highest BCUT2D eigenvalue weighted by molar-refractivity contribution is 5.88. The molecule has 0 unspecified atom stereocenters. The Labute approximate surface area is 221 Å². The number of pyridine rings is 1. The lowest BCUT2D eigenvalue weighted by Gasteiger charge is -2.13. The maximum atomic E-state index is 14.0. The molecule has 3 heterocycles. The van der Waals surface area contributed by atoms with Crippen LogP contribution in [0.2, 0.25) is 0 Å². The molecule has 37 heavy (non-hydrogen) atoms. The molecule has 3 aromatic heterocycles. The van der Waals surface area contributed by atoms with Crippen LogP contribution in [-0.2, 0) is 13.1 Å². The van der Waals surface area contributed by atoms with Crippen LogP contribution in [0.1, 0.15) is 18.9 Å². The molecule has 6 rings (SSSR count). The third kappa shape index (κ3) is 4.43. The first-order valence-corrected chi connectivity index (χ1v) is 12.4. The van der Waals surface area contributed by atoms with Crippen LogP contribution in [0.25, 0.3) is 39.2 Å². The van der Waals surface area contributed by atoms with Gasteiger partial charge in [0.2, 0.25) is 0 Å². The van der Waals surface area contributed by atoms with E-state index in [1.54, 1.807) is 0 Å². The van der Waals surface area contributed by atoms with Crippen LogP contribution in [0.5, 0.6) is 0 Å². The van der Waals surface area contributed by atoms with Crippen molar-refractivity contribution in [3.8, 4) is 22.6 Å². The Morgan fingerprint density at radius 2 is 1.43 bits per heavy atom. The van der Waals surface area contributed by atoms with Crippen LogP contribution < -0.4 is 22.5 Å². The quantitative estimate of drug-likeness (QED) is 0.326. The standard InChI is InChI=1S/C31H27N4O.ClH/c1-2-19-34-26-17-9-10-18-27(26)35-29(31(34)36)28(24-14-7-4-8-15-24)32-30(35)25-16-11-20-33(22-25)21-23-12-5-3-6-13-23;/h3-18,20,22H,2,19,21H2,1H3;1H/q+1;/p-1. The number of fused-ring (bicyclic) bond motifs is 3. The number of aryl methyl sites for hydroxylation is 1. The van der Waals surface area contributed by atoms with Crippen molar-refractivity contribution in [2.45, 2.75) is 26.4 Å². The third-order valence-corrected chi connectivity index (χ3v) is 6.56. The maximum Gasteiger partial charge on any atom is 0.277 e. The Balaban J connectivity index is 0.00000280. The lowest BCUT2D eigenvalue weighted by atomic mass is 10.1. The molecular weight excluding hydrogens is 480 g/mol. The smallest absolute Gasteiger partial charge is 0.277 e. The summed E-state index contributed by atoms with van der Waals surface area (Å²) in [6.07, 6.45) is 5.06. The van der Waals surface area contributed by atoms with Gasteiger partial charge in [-0.1, -0.05) is 79.7 Å². The van der Waals surface area contributed by atoms with Crippen molar-refractivity contribution in [3.63, 3.8) is 0 Å². The van der Waals surface area contributed by atoms with E-state index in [1.165, 1.54) is 5.56 Å². The van der Waals surface area contributed by atoms with Gasteiger partial charge in [0.1, 0.15) is 11.2 Å². The molecule has 0 saturated carbocycles. The number of nitrogens with zero attached hydrogens (tertiary/aromatic N) is 4. The summed E-state index contributed by atoms with van der Waals surface area (Å²) in [5.41, 5.74) is 6.33. The number of benzene rings is 3. The van der Waals surface area contributed by atoms with E-state index in [0.29, 0.717) is 17.8 Å². The van der Waals surface area contributed by atoms with Gasteiger partial charge in [-0.2, -0.15) is 0 Å². The van der Waals surface area contributed by atoms with Gasteiger partial charge in [0, 0.05) is 23.7 Å². The molecule has 0 amide bonds. The van der Waals surface area contributed by atoms with Gasteiger partial charge in [0.25, 0.3) is 5.56 Å². The molecule has 6 aromatic rings. The van der Waals surface area contributed by atoms with Gasteiger partial charge in [0.05, 0.1) is 16.6 Å². The lowest BCUT2D eigenvalue weighted by molar-refractivity contribution is -0.687. The zero-order valence-corrected chi connectivity index (χ0v) is 21.3. The van der Waals surface area contributed by atoms with Gasteiger partial charge in [-0.3, -0.25) is 9.20 Å². The highest BCUT2D eigenvalue weighted by atomic mass is 35.5. The second-order valence-corrected chi connectivity index (χ2v) is 9.03. The summed E-state index contributed by atoms with van der Waals surface area (Å²) in [7, 11) is 0. The SMILES string of the molecule is CCCn1c(=O)c2c(-c3ccccc3)nc(-c3ccc[n+](Cc4ccccc4)c3)n2c2ccccc21.[Cl-]. The minimum absolute atomic E-state index is 0. The fraction of sp³-hybridized carbons (Fsp3) is 0.129. The zero-order valence-electron chi connectivity index (χ0n) is 20.6. The number of hydrogen-bond donors (Lipinski definition) is 0. The molecule has 0 radical (unpaired) electrons. The minimum atomic E-state index is -0.0127. The second-order valence-electron chi connectivity index (χ2n) is 9.03. The summed E-state index contributed by atoms with van der Waals surface area (Å²) in [6.45, 7) is 3.52. The van der Waals surface area contributed by atoms with Crippen molar-refractivity contribution in [2.75, 3.05) is 0 Å². The van der Waals surface area contributed by atoms with Crippen molar-refractivity contribution in [1.29, 1.82) is 0 Å². The van der Waals surface area contributed by atoms with E-state index in [2.05, 4.69) is 60.3 Å². The Kier molecular flexibility index (Phi) is 6.89. The van der Waals surface area contributed by atoms with Crippen molar-refractivity contribution < 1.29 is 17.0 Å². The highest BCUT2D eigenvalue weighted by Crippen LogP contribution is 2.30. The number of rotatable bonds is 6. The molecule has 3 aromatic carbocycles. The molecular formula is C31H27ClN4O. The van der Waals surface area contributed by atoms with Crippen LogP contribution in [0.4, 0.5) is 0 Å². The molecule has 0 aliphatic carbocycles. The van der Waals surface area contributed by atoms with Gasteiger partial charge in [-0.15, -0.1) is 0 Å². The minimum Gasteiger partial charge on any atom is -1.00 e. The third-order valence-electron chi connectivity index (χ3n) is 6.56. The summed E-state index contributed by atoms with van der Waals surface area (Å²) in [5, 5.41) is 0. The first-order chi connectivity index (χ1) is 17.7. The molecule has 6 heteroatoms. The summed E-state index contributed by atoms with van der Waals surface area (Å²) in [6, 6.07) is 32.6. The lowest BCUT2D eigenvalue weighted by Crippen LogP contribution is -3.00. The molecule has 0 N–H and O–H groups in total. The number of halogens is 1. The zero-order chi connectivity index (χ0) is 24.5. The van der Waals surface area contributed by atoms with Crippen molar-refractivity contribution >= 4 is 16.6 Å². The van der Waals surface area contributed by atoms with E-state index < -0.39 is 0 Å². The summed E-state index contributed by atoms with van der Waals surface area (Å²) in [4.78, 5) is 19.1. The average molecular weight is 507 g/mol. The Hall–Kier alpha value is -4.22. The van der Waals surface area contributed by atoms with Gasteiger partial charge < -0.3 is 17.0 Å². The van der Waals surface area contributed by atoms with Crippen LogP contribution in [0.15, 0.2) is 114 Å². The predicted octanol–water partition coefficient (Wildman–Crippen LogP) is 2.73. The monoisotopic (exact) mass is 506 g/mol. The molecule has 0 atom stereocenters. The average Bonchev–Trinajstić information content (AvgIpc) is 3.34. The molecule has 0 bridgehead atoms. The van der Waals surface area contributed by atoms with E-state index in [9.17, 15) is 4.79 Å². The topological polar surface area (TPSA) is 43.2 Å². The Morgan fingerprint density at radius 1 is 0.784 bits per heavy atom. The summed E-state index contributed by atoms with van der Waals surface area (Å²) < 4.78 is 6.10. The normalized spacial score (nSPS) is 11.1. The molecule has 0 aliphatic heterocycles. The van der Waals surface area contributed by atoms with Crippen LogP contribution in [0, 0.1) is 0 Å². The first kappa shape index (κ1) is 24.5. The van der Waals surface area contributed by atoms with Crippen molar-refractivity contribution in [1.82, 2.24) is 14.0 Å². The molecule has 184 valence electrons. The molecule has 5 nitrogen and oxygen atoms in total. The fourth-order valence-electron chi connectivity index (χ4n) is 4.95. The first-order valence-electron chi connectivity index (χ1n) is 12.4. The van der Waals surface area contributed by atoms with Crippen molar-refractivity contribution in [3.05, 3.63) is 125 Å². The van der Waals surface area contributed by atoms with E-state index >= 15 is 0 Å². The maximum absolute atomic E-state index is 14.0. The predicted molar refractivity (Wildman–Crippen MR) is 144 cm³/mol. The number of aromatic nitrogens is 4. The number of para-hydroxylation sites is 2. The summed E-state index contributed by atoms with van der Waals surface area (Å²) in [5.74, 6) is 0.767. The Bertz CT molecular complexity index is 1740. The van der Waals surface area contributed by atoms with E-state index in [4.69, 9.17) is 4.98 Å². The van der Waals surface area contributed by atoms with Crippen molar-refractivity contribution in [2.24, 2.45) is 0 Å².